The number of nitrogens with zero attached hydrogens (tertiary/aromatic N) is 1. The first-order chi connectivity index (χ1) is 12.9. The molecule has 1 aliphatic rings. The monoisotopic (exact) mass is 372 g/mol. The third kappa shape index (κ3) is 4.12. The molecule has 5 nitrogen and oxygen atoms in total. The molecule has 0 saturated carbocycles. The maximum absolute atomic E-state index is 13.8. The Morgan fingerprint density at radius 2 is 2.11 bits per heavy atom. The van der Waals surface area contributed by atoms with Crippen LogP contribution in [0, 0.1) is 12.7 Å². The fourth-order valence-corrected chi connectivity index (χ4v) is 3.51. The van der Waals surface area contributed by atoms with E-state index in [1.165, 1.54) is 18.2 Å². The molecule has 0 spiro atoms. The summed E-state index contributed by atoms with van der Waals surface area (Å²) >= 11 is 0. The number of likely N-dealkylation sites (tertiary alicyclic amines) is 1. The summed E-state index contributed by atoms with van der Waals surface area (Å²) in [4.78, 5) is 14.6. The molecule has 6 heteroatoms. The van der Waals surface area contributed by atoms with E-state index < -0.39 is 11.4 Å². The van der Waals surface area contributed by atoms with Crippen molar-refractivity contribution in [3.8, 4) is 5.75 Å². The van der Waals surface area contributed by atoms with E-state index in [4.69, 9.17) is 10.5 Å². The number of β-amino-alcohol motifs (C(OH)–C–C–N with tert-alkyl or cyclic N) is 1. The first-order valence-electron chi connectivity index (χ1n) is 9.15. The number of nitrogens with two attached hydrogens (primary N) is 1. The van der Waals surface area contributed by atoms with Gasteiger partial charge in [-0.3, -0.25) is 4.79 Å². The first kappa shape index (κ1) is 19.3. The average Bonchev–Trinajstić information content (AvgIpc) is 3.06. The number of carbonyl (C=O) groups is 1. The molecule has 1 amide bonds. The maximum atomic E-state index is 13.8. The molecule has 3 N–H and O–H groups in total. The van der Waals surface area contributed by atoms with Crippen LogP contribution in [-0.2, 0) is 5.60 Å². The van der Waals surface area contributed by atoms with Gasteiger partial charge in [-0.15, -0.1) is 0 Å². The second kappa shape index (κ2) is 8.06. The number of benzene rings is 2. The molecule has 1 saturated heterocycles. The molecule has 1 atom stereocenters. The van der Waals surface area contributed by atoms with Crippen LogP contribution in [0.2, 0.25) is 0 Å². The van der Waals surface area contributed by atoms with Gasteiger partial charge in [0.05, 0.1) is 18.7 Å². The van der Waals surface area contributed by atoms with Crippen molar-refractivity contribution in [2.45, 2.75) is 25.4 Å². The van der Waals surface area contributed by atoms with Gasteiger partial charge in [-0.05, 0) is 55.6 Å². The zero-order valence-electron chi connectivity index (χ0n) is 15.5. The van der Waals surface area contributed by atoms with Crippen molar-refractivity contribution in [1.82, 2.24) is 4.90 Å². The Labute approximate surface area is 158 Å². The molecule has 0 aliphatic carbocycles. The molecule has 1 fully saturated rings. The van der Waals surface area contributed by atoms with Gasteiger partial charge in [-0.1, -0.05) is 24.3 Å². The summed E-state index contributed by atoms with van der Waals surface area (Å²) in [6, 6.07) is 11.5. The van der Waals surface area contributed by atoms with Gasteiger partial charge in [0.2, 0.25) is 0 Å². The number of aliphatic hydroxyl groups is 1. The first-order valence-corrected chi connectivity index (χ1v) is 9.15. The number of carbonyl (C=O) groups excluding carboxylic acids is 1. The average molecular weight is 372 g/mol. The van der Waals surface area contributed by atoms with Gasteiger partial charge >= 0.3 is 0 Å². The Bertz CT molecular complexity index is 827. The predicted octanol–water partition coefficient (Wildman–Crippen LogP) is 2.60. The molecule has 27 heavy (non-hydrogen) atoms. The fraction of sp³-hybridized carbons (Fsp3) is 0.381. The summed E-state index contributed by atoms with van der Waals surface area (Å²) in [5.74, 6) is -0.513. The molecule has 0 radical (unpaired) electrons. The lowest BCUT2D eigenvalue weighted by Crippen LogP contribution is -2.35. The summed E-state index contributed by atoms with van der Waals surface area (Å²) in [5.41, 5.74) is 6.33. The summed E-state index contributed by atoms with van der Waals surface area (Å²) in [6.45, 7) is 3.32. The zero-order valence-corrected chi connectivity index (χ0v) is 15.5. The third-order valence-electron chi connectivity index (χ3n) is 4.96. The van der Waals surface area contributed by atoms with Gasteiger partial charge in [0, 0.05) is 6.54 Å². The van der Waals surface area contributed by atoms with Crippen LogP contribution in [0.25, 0.3) is 0 Å². The molecule has 1 heterocycles. The molecule has 144 valence electrons. The van der Waals surface area contributed by atoms with E-state index in [-0.39, 0.29) is 18.0 Å². The Hall–Kier alpha value is -2.44. The second-order valence-electron chi connectivity index (χ2n) is 6.95. The molecule has 0 bridgehead atoms. The molecular formula is C21H25FN2O3. The minimum Gasteiger partial charge on any atom is -0.493 e. The van der Waals surface area contributed by atoms with Crippen molar-refractivity contribution in [2.75, 3.05) is 26.2 Å². The topological polar surface area (TPSA) is 75.8 Å². The summed E-state index contributed by atoms with van der Waals surface area (Å²) in [7, 11) is 0. The molecule has 1 aliphatic heterocycles. The van der Waals surface area contributed by atoms with E-state index in [9.17, 15) is 14.3 Å². The Kier molecular flexibility index (Phi) is 5.77. The normalized spacial score (nSPS) is 19.3. The van der Waals surface area contributed by atoms with Crippen LogP contribution < -0.4 is 10.5 Å². The van der Waals surface area contributed by atoms with Crippen LogP contribution >= 0.6 is 0 Å². The minimum atomic E-state index is -1.10. The molecule has 0 unspecified atom stereocenters. The van der Waals surface area contributed by atoms with Crippen molar-refractivity contribution in [1.29, 1.82) is 0 Å². The van der Waals surface area contributed by atoms with Crippen molar-refractivity contribution >= 4 is 5.91 Å². The quantitative estimate of drug-likeness (QED) is 0.765. The van der Waals surface area contributed by atoms with Crippen LogP contribution in [-0.4, -0.2) is 42.2 Å². The number of halogens is 1. The lowest BCUT2D eigenvalue weighted by atomic mass is 9.89. The number of ether oxygens (including phenoxy) is 1. The number of rotatable bonds is 6. The van der Waals surface area contributed by atoms with Crippen molar-refractivity contribution in [2.24, 2.45) is 5.73 Å². The standard InChI is InChI=1S/C21H25FN2O3/c1-15-5-2-3-6-18(15)21(26)9-11-24(14-21)20(25)17-13-16(22)7-8-19(17)27-12-4-10-23/h2-3,5-8,13,26H,4,9-12,14,23H2,1H3/t21-/m1/s1. The highest BCUT2D eigenvalue weighted by atomic mass is 19.1. The van der Waals surface area contributed by atoms with Gasteiger partial charge < -0.3 is 20.5 Å². The van der Waals surface area contributed by atoms with Gasteiger partial charge in [0.1, 0.15) is 17.2 Å². The number of hydrogen-bond donors (Lipinski definition) is 2. The highest BCUT2D eigenvalue weighted by Crippen LogP contribution is 2.35. The van der Waals surface area contributed by atoms with Crippen LogP contribution in [0.4, 0.5) is 4.39 Å². The van der Waals surface area contributed by atoms with Gasteiger partial charge in [0.25, 0.3) is 5.91 Å². The molecule has 0 aromatic heterocycles. The van der Waals surface area contributed by atoms with E-state index in [0.717, 1.165) is 11.1 Å². The Balaban J connectivity index is 1.81. The van der Waals surface area contributed by atoms with Crippen LogP contribution in [0.15, 0.2) is 42.5 Å². The van der Waals surface area contributed by atoms with E-state index in [0.29, 0.717) is 38.3 Å². The summed E-state index contributed by atoms with van der Waals surface area (Å²) in [6.07, 6.45) is 1.07. The van der Waals surface area contributed by atoms with Gasteiger partial charge in [0.15, 0.2) is 0 Å². The molecule has 3 rings (SSSR count). The van der Waals surface area contributed by atoms with Crippen molar-refractivity contribution < 1.29 is 19.0 Å². The number of amides is 1. The van der Waals surface area contributed by atoms with E-state index >= 15 is 0 Å². The van der Waals surface area contributed by atoms with Gasteiger partial charge in [-0.25, -0.2) is 4.39 Å². The minimum absolute atomic E-state index is 0.162. The number of hydrogen-bond acceptors (Lipinski definition) is 4. The predicted molar refractivity (Wildman–Crippen MR) is 101 cm³/mol. The van der Waals surface area contributed by atoms with Gasteiger partial charge in [-0.2, -0.15) is 0 Å². The fourth-order valence-electron chi connectivity index (χ4n) is 3.51. The van der Waals surface area contributed by atoms with Crippen molar-refractivity contribution in [3.05, 3.63) is 65.0 Å². The molecule has 2 aromatic rings. The van der Waals surface area contributed by atoms with Crippen LogP contribution in [0.1, 0.15) is 34.3 Å². The lowest BCUT2D eigenvalue weighted by Gasteiger charge is -2.26. The van der Waals surface area contributed by atoms with E-state index in [1.54, 1.807) is 4.90 Å². The van der Waals surface area contributed by atoms with Crippen molar-refractivity contribution in [3.63, 3.8) is 0 Å². The second-order valence-corrected chi connectivity index (χ2v) is 6.95. The SMILES string of the molecule is Cc1ccccc1[C@@]1(O)CCN(C(=O)c2cc(F)ccc2OCCCN)C1. The van der Waals surface area contributed by atoms with E-state index in [2.05, 4.69) is 0 Å². The van der Waals surface area contributed by atoms with Crippen LogP contribution in [0.3, 0.4) is 0 Å². The number of aryl methyl sites for hydroxylation is 1. The van der Waals surface area contributed by atoms with E-state index in [1.807, 2.05) is 31.2 Å². The summed E-state index contributed by atoms with van der Waals surface area (Å²) < 4.78 is 19.4. The lowest BCUT2D eigenvalue weighted by molar-refractivity contribution is 0.0411. The Morgan fingerprint density at radius 3 is 2.85 bits per heavy atom. The maximum Gasteiger partial charge on any atom is 0.257 e. The molecule has 2 aromatic carbocycles. The Morgan fingerprint density at radius 1 is 1.33 bits per heavy atom. The third-order valence-corrected chi connectivity index (χ3v) is 4.96. The summed E-state index contributed by atoms with van der Waals surface area (Å²) in [5, 5.41) is 11.1. The highest BCUT2D eigenvalue weighted by Gasteiger charge is 2.41. The smallest absolute Gasteiger partial charge is 0.257 e. The van der Waals surface area contributed by atoms with Crippen LogP contribution in [0.5, 0.6) is 5.75 Å². The molecular weight excluding hydrogens is 347 g/mol. The highest BCUT2D eigenvalue weighted by molar-refractivity contribution is 5.97. The largest absolute Gasteiger partial charge is 0.493 e. The zero-order chi connectivity index (χ0) is 19.4.